The third-order valence-electron chi connectivity index (χ3n) is 7.93. The number of benzene rings is 3. The third kappa shape index (κ3) is 9.05. The lowest BCUT2D eigenvalue weighted by Crippen LogP contribution is -2.53. The molecule has 0 aliphatic heterocycles. The molecule has 1 aliphatic carbocycles. The number of halogens is 2. The molecule has 10 heteroatoms. The highest BCUT2D eigenvalue weighted by molar-refractivity contribution is 7.89. The van der Waals surface area contributed by atoms with E-state index in [1.165, 1.54) is 11.4 Å². The number of rotatable bonds is 13. The standard InChI is InChI=1S/C33H39Cl2N3O4S/c1-37(43(41,42)27-17-9-4-10-18-27)22-12-21-32(39)38(24-28-29(34)19-11-20-30(28)35)31(23-25-13-5-2-6-14-25)33(40)36-26-15-7-3-8-16-26/h2,4-6,9-11,13-14,17-20,26,31H,3,7-8,12,15-16,21-24H2,1H3,(H,36,40)/t31-/m0/s1. The molecule has 1 atom stereocenters. The van der Waals surface area contributed by atoms with Crippen molar-refractivity contribution in [3.63, 3.8) is 0 Å². The molecule has 3 aromatic carbocycles. The molecule has 0 aromatic heterocycles. The number of carbonyl (C=O) groups excluding carboxylic acids is 2. The van der Waals surface area contributed by atoms with Gasteiger partial charge in [-0.25, -0.2) is 12.7 Å². The van der Waals surface area contributed by atoms with E-state index in [0.717, 1.165) is 37.7 Å². The Hall–Kier alpha value is -2.91. The summed E-state index contributed by atoms with van der Waals surface area (Å²) in [5.41, 5.74) is 1.48. The van der Waals surface area contributed by atoms with Crippen molar-refractivity contribution in [2.75, 3.05) is 13.6 Å². The molecule has 7 nitrogen and oxygen atoms in total. The monoisotopic (exact) mass is 643 g/mol. The van der Waals surface area contributed by atoms with Crippen LogP contribution in [0.5, 0.6) is 0 Å². The van der Waals surface area contributed by atoms with Crippen molar-refractivity contribution < 1.29 is 18.0 Å². The summed E-state index contributed by atoms with van der Waals surface area (Å²) in [5.74, 6) is -0.489. The summed E-state index contributed by atoms with van der Waals surface area (Å²) >= 11 is 13.1. The number of carbonyl (C=O) groups is 2. The Balaban J connectivity index is 1.58. The summed E-state index contributed by atoms with van der Waals surface area (Å²) in [7, 11) is -2.19. The van der Waals surface area contributed by atoms with Gasteiger partial charge in [0.1, 0.15) is 6.04 Å². The Morgan fingerprint density at radius 1 is 0.884 bits per heavy atom. The molecule has 3 aromatic rings. The summed E-state index contributed by atoms with van der Waals surface area (Å²) in [4.78, 5) is 29.7. The maximum Gasteiger partial charge on any atom is 0.243 e. The average molecular weight is 645 g/mol. The van der Waals surface area contributed by atoms with Crippen LogP contribution in [0, 0.1) is 0 Å². The Kier molecular flexibility index (Phi) is 12.1. The number of amides is 2. The van der Waals surface area contributed by atoms with E-state index in [1.807, 2.05) is 30.3 Å². The molecule has 0 radical (unpaired) electrons. The lowest BCUT2D eigenvalue weighted by atomic mass is 9.94. The van der Waals surface area contributed by atoms with Gasteiger partial charge in [-0.3, -0.25) is 9.59 Å². The second-order valence-electron chi connectivity index (χ2n) is 11.0. The second-order valence-corrected chi connectivity index (χ2v) is 13.9. The first-order valence-electron chi connectivity index (χ1n) is 14.7. The Morgan fingerprint density at radius 3 is 2.12 bits per heavy atom. The van der Waals surface area contributed by atoms with E-state index in [2.05, 4.69) is 5.32 Å². The molecule has 43 heavy (non-hydrogen) atoms. The summed E-state index contributed by atoms with van der Waals surface area (Å²) in [5, 5.41) is 4.03. The fraction of sp³-hybridized carbons (Fsp3) is 0.394. The topological polar surface area (TPSA) is 86.8 Å². The smallest absolute Gasteiger partial charge is 0.243 e. The largest absolute Gasteiger partial charge is 0.352 e. The SMILES string of the molecule is CN(CCCC(=O)N(Cc1c(Cl)cccc1Cl)[C@@H](Cc1ccccc1)C(=O)NC1CCCCC1)S(=O)(=O)c1ccccc1. The van der Waals surface area contributed by atoms with E-state index in [4.69, 9.17) is 23.2 Å². The lowest BCUT2D eigenvalue weighted by Gasteiger charge is -2.34. The Bertz CT molecular complexity index is 1450. The number of nitrogens with one attached hydrogen (secondary N) is 1. The number of hydrogen-bond acceptors (Lipinski definition) is 4. The van der Waals surface area contributed by atoms with Crippen molar-refractivity contribution in [2.24, 2.45) is 0 Å². The average Bonchev–Trinajstić information content (AvgIpc) is 3.01. The predicted molar refractivity (Wildman–Crippen MR) is 171 cm³/mol. The van der Waals surface area contributed by atoms with Gasteiger partial charge in [-0.2, -0.15) is 0 Å². The van der Waals surface area contributed by atoms with Gasteiger partial charge in [-0.1, -0.05) is 97.1 Å². The minimum atomic E-state index is -3.69. The molecule has 2 amide bonds. The quantitative estimate of drug-likeness (QED) is 0.231. The van der Waals surface area contributed by atoms with Crippen LogP contribution >= 0.6 is 23.2 Å². The van der Waals surface area contributed by atoms with E-state index in [1.54, 1.807) is 53.4 Å². The molecule has 230 valence electrons. The van der Waals surface area contributed by atoms with Crippen molar-refractivity contribution in [3.8, 4) is 0 Å². The molecule has 0 unspecified atom stereocenters. The van der Waals surface area contributed by atoms with Crippen molar-refractivity contribution in [2.45, 2.75) is 74.9 Å². The van der Waals surface area contributed by atoms with Crippen LogP contribution in [0.2, 0.25) is 10.0 Å². The summed E-state index contributed by atoms with van der Waals surface area (Å²) in [6.07, 6.45) is 5.73. The van der Waals surface area contributed by atoms with Gasteiger partial charge in [-0.05, 0) is 49.1 Å². The van der Waals surface area contributed by atoms with Crippen LogP contribution in [-0.2, 0) is 32.6 Å². The molecular weight excluding hydrogens is 605 g/mol. The van der Waals surface area contributed by atoms with Crippen LogP contribution in [0.3, 0.4) is 0 Å². The van der Waals surface area contributed by atoms with Crippen molar-refractivity contribution in [1.29, 1.82) is 0 Å². The van der Waals surface area contributed by atoms with Gasteiger partial charge < -0.3 is 10.2 Å². The molecular formula is C33H39Cl2N3O4S. The molecule has 1 fully saturated rings. The third-order valence-corrected chi connectivity index (χ3v) is 10.5. The molecule has 1 aliphatic rings. The number of nitrogens with zero attached hydrogens (tertiary/aromatic N) is 2. The molecule has 4 rings (SSSR count). The van der Waals surface area contributed by atoms with Gasteiger partial charge in [-0.15, -0.1) is 0 Å². The maximum absolute atomic E-state index is 14.0. The second kappa shape index (κ2) is 15.7. The molecule has 1 saturated carbocycles. The van der Waals surface area contributed by atoms with Crippen LogP contribution in [-0.4, -0.2) is 55.1 Å². The number of hydrogen-bond donors (Lipinski definition) is 1. The highest BCUT2D eigenvalue weighted by Crippen LogP contribution is 2.28. The van der Waals surface area contributed by atoms with E-state index >= 15 is 0 Å². The van der Waals surface area contributed by atoms with E-state index in [0.29, 0.717) is 22.0 Å². The minimum Gasteiger partial charge on any atom is -0.352 e. The van der Waals surface area contributed by atoms with Crippen LogP contribution in [0.15, 0.2) is 83.8 Å². The molecule has 0 saturated heterocycles. The van der Waals surface area contributed by atoms with Gasteiger partial charge in [0, 0.05) is 54.6 Å². The van der Waals surface area contributed by atoms with Crippen molar-refractivity contribution in [1.82, 2.24) is 14.5 Å². The van der Waals surface area contributed by atoms with Crippen LogP contribution in [0.1, 0.15) is 56.1 Å². The fourth-order valence-electron chi connectivity index (χ4n) is 5.44. The van der Waals surface area contributed by atoms with Gasteiger partial charge in [0.15, 0.2) is 0 Å². The first kappa shape index (κ1) is 33.0. The zero-order chi connectivity index (χ0) is 30.8. The zero-order valence-electron chi connectivity index (χ0n) is 24.4. The highest BCUT2D eigenvalue weighted by atomic mass is 35.5. The minimum absolute atomic E-state index is 0.0404. The van der Waals surface area contributed by atoms with Crippen LogP contribution in [0.4, 0.5) is 0 Å². The first-order chi connectivity index (χ1) is 20.7. The molecule has 0 heterocycles. The van der Waals surface area contributed by atoms with Crippen molar-refractivity contribution in [3.05, 3.63) is 100 Å². The normalized spacial score (nSPS) is 14.8. The molecule has 1 N–H and O–H groups in total. The van der Waals surface area contributed by atoms with Crippen LogP contribution in [0.25, 0.3) is 0 Å². The van der Waals surface area contributed by atoms with Gasteiger partial charge in [0.05, 0.1) is 4.90 Å². The molecule has 0 bridgehead atoms. The van der Waals surface area contributed by atoms with Gasteiger partial charge in [0.25, 0.3) is 0 Å². The zero-order valence-corrected chi connectivity index (χ0v) is 26.8. The summed E-state index contributed by atoms with van der Waals surface area (Å²) < 4.78 is 27.2. The van der Waals surface area contributed by atoms with Crippen LogP contribution < -0.4 is 5.32 Å². The Labute approximate surface area is 265 Å². The first-order valence-corrected chi connectivity index (χ1v) is 16.9. The summed E-state index contributed by atoms with van der Waals surface area (Å²) in [6.45, 7) is 0.187. The van der Waals surface area contributed by atoms with E-state index in [9.17, 15) is 18.0 Å². The predicted octanol–water partition coefficient (Wildman–Crippen LogP) is 6.48. The fourth-order valence-corrected chi connectivity index (χ4v) is 7.19. The van der Waals surface area contributed by atoms with Gasteiger partial charge >= 0.3 is 0 Å². The summed E-state index contributed by atoms with van der Waals surface area (Å²) in [6, 6.07) is 22.2. The lowest BCUT2D eigenvalue weighted by molar-refractivity contribution is -0.141. The maximum atomic E-state index is 14.0. The van der Waals surface area contributed by atoms with E-state index < -0.39 is 16.1 Å². The molecule has 0 spiro atoms. The highest BCUT2D eigenvalue weighted by Gasteiger charge is 2.33. The van der Waals surface area contributed by atoms with E-state index in [-0.39, 0.29) is 48.7 Å². The number of sulfonamides is 1. The van der Waals surface area contributed by atoms with Gasteiger partial charge in [0.2, 0.25) is 21.8 Å². The van der Waals surface area contributed by atoms with Crippen molar-refractivity contribution >= 4 is 45.0 Å². The Morgan fingerprint density at radius 2 is 1.49 bits per heavy atom.